The number of hydrogen-bond acceptors (Lipinski definition) is 5. The summed E-state index contributed by atoms with van der Waals surface area (Å²) in [7, 11) is 0. The van der Waals surface area contributed by atoms with Crippen LogP contribution in [0.1, 0.15) is 50.0 Å². The second-order valence-electron chi connectivity index (χ2n) is 11.1. The van der Waals surface area contributed by atoms with Crippen LogP contribution in [0.25, 0.3) is 0 Å². The first-order valence-electron chi connectivity index (χ1n) is 14.0. The Kier molecular flexibility index (Phi) is 6.77. The van der Waals surface area contributed by atoms with Crippen LogP contribution in [0.3, 0.4) is 0 Å². The van der Waals surface area contributed by atoms with Crippen molar-refractivity contribution in [2.75, 3.05) is 16.8 Å². The van der Waals surface area contributed by atoms with Gasteiger partial charge in [0.2, 0.25) is 11.8 Å². The molecule has 4 aliphatic rings. The van der Waals surface area contributed by atoms with Crippen molar-refractivity contribution in [3.63, 3.8) is 0 Å². The van der Waals surface area contributed by atoms with Crippen molar-refractivity contribution in [1.82, 2.24) is 0 Å². The third kappa shape index (κ3) is 4.67. The second-order valence-corrected chi connectivity index (χ2v) is 11.5. The summed E-state index contributed by atoms with van der Waals surface area (Å²) in [6.45, 7) is -0.788. The average molecular weight is 631 g/mol. The maximum atomic E-state index is 13.9. The highest BCUT2D eigenvalue weighted by Gasteiger charge is 2.61. The molecule has 1 heterocycles. The van der Waals surface area contributed by atoms with Crippen molar-refractivity contribution in [2.24, 2.45) is 11.8 Å². The zero-order chi connectivity index (χ0) is 31.6. The number of carbonyl (C=O) groups excluding carboxylic acids is 4. The van der Waals surface area contributed by atoms with Crippen LogP contribution in [0.5, 0.6) is 0 Å². The van der Waals surface area contributed by atoms with Crippen LogP contribution in [0, 0.1) is 11.8 Å². The van der Waals surface area contributed by atoms with Crippen molar-refractivity contribution in [3.8, 4) is 0 Å². The Morgan fingerprint density at radius 2 is 1.29 bits per heavy atom. The number of nitrogens with one attached hydrogen (secondary N) is 1. The molecule has 2 bridgehead atoms. The standard InChI is InChI=1S/C34H22ClF3N2O5/c35-24-14-11-18(34(36,37)38)15-25(24)39-26(41)16-45-33(44)17-9-12-19(13-10-17)40-31(42)29-27-20-5-1-2-6-21(20)28(30(29)32(40)43)23-8-4-3-7-22(23)27/h1-15,27-30H,16H2,(H,39,41)/t27?,28?,29-,30-/m1/s1. The quantitative estimate of drug-likeness (QED) is 0.199. The van der Waals surface area contributed by atoms with Crippen LogP contribution in [0.15, 0.2) is 91.0 Å². The zero-order valence-electron chi connectivity index (χ0n) is 23.2. The molecule has 0 saturated carbocycles. The number of anilines is 2. The van der Waals surface area contributed by atoms with E-state index in [1.165, 1.54) is 29.2 Å². The van der Waals surface area contributed by atoms with Gasteiger partial charge < -0.3 is 10.1 Å². The number of hydrogen-bond donors (Lipinski definition) is 1. The lowest BCUT2D eigenvalue weighted by atomic mass is 9.55. The van der Waals surface area contributed by atoms with Crippen molar-refractivity contribution in [3.05, 3.63) is 129 Å². The first kappa shape index (κ1) is 28.8. The van der Waals surface area contributed by atoms with Gasteiger partial charge in [-0.15, -0.1) is 0 Å². The van der Waals surface area contributed by atoms with Crippen molar-refractivity contribution >= 4 is 46.7 Å². The van der Waals surface area contributed by atoms with Gasteiger partial charge in [0.15, 0.2) is 6.61 Å². The lowest BCUT2D eigenvalue weighted by Crippen LogP contribution is -2.41. The van der Waals surface area contributed by atoms with E-state index in [0.717, 1.165) is 34.4 Å². The van der Waals surface area contributed by atoms with Crippen molar-refractivity contribution in [1.29, 1.82) is 0 Å². The minimum absolute atomic E-state index is 0.0417. The summed E-state index contributed by atoms with van der Waals surface area (Å²) in [5, 5.41) is 2.09. The highest BCUT2D eigenvalue weighted by Crippen LogP contribution is 2.61. The molecule has 11 heteroatoms. The number of alkyl halides is 3. The van der Waals surface area contributed by atoms with Gasteiger partial charge >= 0.3 is 12.1 Å². The zero-order valence-corrected chi connectivity index (χ0v) is 23.9. The number of ether oxygens (including phenoxy) is 1. The van der Waals surface area contributed by atoms with E-state index in [1.807, 2.05) is 48.5 Å². The van der Waals surface area contributed by atoms with Gasteiger partial charge in [0.1, 0.15) is 0 Å². The van der Waals surface area contributed by atoms with Gasteiger partial charge in [-0.25, -0.2) is 9.69 Å². The second kappa shape index (κ2) is 10.6. The van der Waals surface area contributed by atoms with E-state index in [0.29, 0.717) is 11.8 Å². The molecule has 0 unspecified atom stereocenters. The normalized spacial score (nSPS) is 21.2. The Hall–Kier alpha value is -4.96. The van der Waals surface area contributed by atoms with Gasteiger partial charge in [0.25, 0.3) is 5.91 Å². The molecule has 4 aromatic carbocycles. The smallest absolute Gasteiger partial charge is 0.416 e. The Labute approximate surface area is 259 Å². The Morgan fingerprint density at radius 1 is 0.778 bits per heavy atom. The van der Waals surface area contributed by atoms with Gasteiger partial charge in [-0.2, -0.15) is 13.2 Å². The van der Waals surface area contributed by atoms with E-state index in [4.69, 9.17) is 16.3 Å². The van der Waals surface area contributed by atoms with E-state index >= 15 is 0 Å². The highest BCUT2D eigenvalue weighted by atomic mass is 35.5. The molecule has 0 aromatic heterocycles. The Balaban J connectivity index is 1.06. The number of rotatable bonds is 5. The molecule has 8 rings (SSSR count). The fourth-order valence-corrected chi connectivity index (χ4v) is 7.04. The molecule has 3 amide bonds. The van der Waals surface area contributed by atoms with E-state index in [1.54, 1.807) is 0 Å². The predicted octanol–water partition coefficient (Wildman–Crippen LogP) is 6.55. The maximum absolute atomic E-state index is 13.9. The fourth-order valence-electron chi connectivity index (χ4n) is 6.88. The maximum Gasteiger partial charge on any atom is 0.416 e. The van der Waals surface area contributed by atoms with Gasteiger partial charge in [-0.05, 0) is 64.7 Å². The number of halogens is 4. The topological polar surface area (TPSA) is 92.8 Å². The average Bonchev–Trinajstić information content (AvgIpc) is 3.30. The Bertz CT molecular complexity index is 1790. The molecule has 45 heavy (non-hydrogen) atoms. The third-order valence-corrected chi connectivity index (χ3v) is 9.04. The fraction of sp³-hybridized carbons (Fsp3) is 0.176. The first-order chi connectivity index (χ1) is 21.5. The van der Waals surface area contributed by atoms with Gasteiger partial charge in [-0.3, -0.25) is 14.4 Å². The highest BCUT2D eigenvalue weighted by molar-refractivity contribution is 6.33. The minimum Gasteiger partial charge on any atom is -0.452 e. The lowest BCUT2D eigenvalue weighted by Gasteiger charge is -2.45. The van der Waals surface area contributed by atoms with Crippen LogP contribution in [-0.4, -0.2) is 30.3 Å². The lowest BCUT2D eigenvalue weighted by molar-refractivity contribution is -0.137. The summed E-state index contributed by atoms with van der Waals surface area (Å²) in [5.74, 6) is -3.99. The van der Waals surface area contributed by atoms with Crippen LogP contribution in [-0.2, 0) is 25.3 Å². The number of nitrogens with zero attached hydrogens (tertiary/aromatic N) is 1. The summed E-state index contributed by atoms with van der Waals surface area (Å²) in [6, 6.07) is 24.0. The van der Waals surface area contributed by atoms with Crippen molar-refractivity contribution in [2.45, 2.75) is 18.0 Å². The summed E-state index contributed by atoms with van der Waals surface area (Å²) < 4.78 is 44.1. The van der Waals surface area contributed by atoms with Gasteiger partial charge in [0.05, 0.1) is 39.4 Å². The first-order valence-corrected chi connectivity index (χ1v) is 14.4. The minimum atomic E-state index is -4.64. The molecule has 4 aromatic rings. The molecule has 1 saturated heterocycles. The van der Waals surface area contributed by atoms with Crippen LogP contribution in [0.4, 0.5) is 24.5 Å². The molecular formula is C34H22ClF3N2O5. The van der Waals surface area contributed by atoms with Crippen molar-refractivity contribution < 1.29 is 37.1 Å². The molecule has 0 radical (unpaired) electrons. The van der Waals surface area contributed by atoms with E-state index in [-0.39, 0.29) is 39.9 Å². The van der Waals surface area contributed by atoms with Crippen LogP contribution in [0.2, 0.25) is 5.02 Å². The number of esters is 1. The third-order valence-electron chi connectivity index (χ3n) is 8.71. The molecule has 226 valence electrons. The molecule has 7 nitrogen and oxygen atoms in total. The molecule has 0 spiro atoms. The summed E-state index contributed by atoms with van der Waals surface area (Å²) in [6.07, 6.45) is -4.64. The van der Waals surface area contributed by atoms with E-state index in [2.05, 4.69) is 5.32 Å². The number of imide groups is 1. The van der Waals surface area contributed by atoms with Gasteiger partial charge in [0, 0.05) is 11.8 Å². The number of amides is 3. The molecule has 1 fully saturated rings. The summed E-state index contributed by atoms with van der Waals surface area (Å²) >= 11 is 5.90. The molecule has 2 atom stereocenters. The number of carbonyl (C=O) groups is 4. The van der Waals surface area contributed by atoms with Gasteiger partial charge in [-0.1, -0.05) is 60.1 Å². The van der Waals surface area contributed by atoms with Crippen LogP contribution < -0.4 is 10.2 Å². The predicted molar refractivity (Wildman–Crippen MR) is 158 cm³/mol. The van der Waals surface area contributed by atoms with E-state index in [9.17, 15) is 32.3 Å². The monoisotopic (exact) mass is 630 g/mol. The molecule has 3 aliphatic carbocycles. The summed E-state index contributed by atoms with van der Waals surface area (Å²) in [5.41, 5.74) is 3.30. The number of benzene rings is 4. The molecular weight excluding hydrogens is 609 g/mol. The van der Waals surface area contributed by atoms with Crippen LogP contribution >= 0.6 is 11.6 Å². The largest absolute Gasteiger partial charge is 0.452 e. The summed E-state index contributed by atoms with van der Waals surface area (Å²) in [4.78, 5) is 53.9. The molecule has 1 aliphatic heterocycles. The molecule has 1 N–H and O–H groups in total. The Morgan fingerprint density at radius 3 is 1.78 bits per heavy atom. The SMILES string of the molecule is O=C(COC(=O)c1ccc(N2C(=O)[C@@H]3C4c5ccccc5C(c5ccccc54)[C@H]3C2=O)cc1)Nc1cc(C(F)(F)F)ccc1Cl. The van der Waals surface area contributed by atoms with E-state index < -0.39 is 42.1 Å².